The quantitative estimate of drug-likeness (QED) is 0.262. The fourth-order valence-corrected chi connectivity index (χ4v) is 6.52. The lowest BCUT2D eigenvalue weighted by Gasteiger charge is -2.20. The number of halogens is 3. The standard InChI is InChI=1S/C15H15I3N4O6/c1-4(23)21-12-10(17)7(13(25)20-2)9(16)8(11(12)18)14(26)22-5(15(27)28)3-6(19)24/h5H,3H2,1-2H3,(H2,19,24)(H,20,25)(H,21,23)(H,22,26)(H,27,28)/t5-/m0/s1. The number of benzene rings is 1. The molecule has 0 aliphatic heterocycles. The van der Waals surface area contributed by atoms with Crippen molar-refractivity contribution in [1.82, 2.24) is 10.6 Å². The molecule has 1 rings (SSSR count). The van der Waals surface area contributed by atoms with Crippen molar-refractivity contribution in [3.05, 3.63) is 21.8 Å². The van der Waals surface area contributed by atoms with Gasteiger partial charge in [-0.2, -0.15) is 0 Å². The summed E-state index contributed by atoms with van der Waals surface area (Å²) in [4.78, 5) is 59.1. The molecule has 1 aromatic carbocycles. The van der Waals surface area contributed by atoms with Crippen molar-refractivity contribution in [2.75, 3.05) is 12.4 Å². The maximum absolute atomic E-state index is 12.8. The Bertz CT molecular complexity index is 874. The van der Waals surface area contributed by atoms with Gasteiger partial charge in [0.1, 0.15) is 6.04 Å². The number of nitrogens with two attached hydrogens (primary N) is 1. The Kier molecular flexibility index (Phi) is 9.31. The average Bonchev–Trinajstić information content (AvgIpc) is 2.57. The van der Waals surface area contributed by atoms with Crippen LogP contribution >= 0.6 is 67.8 Å². The van der Waals surface area contributed by atoms with E-state index in [1.54, 1.807) is 22.6 Å². The molecule has 0 saturated carbocycles. The lowest BCUT2D eigenvalue weighted by Crippen LogP contribution is -2.44. The number of amides is 4. The van der Waals surface area contributed by atoms with E-state index in [2.05, 4.69) is 16.0 Å². The first-order chi connectivity index (χ1) is 12.9. The van der Waals surface area contributed by atoms with Crippen LogP contribution in [0.4, 0.5) is 5.69 Å². The van der Waals surface area contributed by atoms with Crippen molar-refractivity contribution in [1.29, 1.82) is 0 Å². The van der Waals surface area contributed by atoms with Gasteiger partial charge < -0.3 is 26.8 Å². The Morgan fingerprint density at radius 2 is 1.50 bits per heavy atom. The molecule has 0 bridgehead atoms. The number of hydrogen-bond acceptors (Lipinski definition) is 5. The van der Waals surface area contributed by atoms with Gasteiger partial charge in [0.2, 0.25) is 11.8 Å². The van der Waals surface area contributed by atoms with E-state index in [0.29, 0.717) is 7.14 Å². The maximum atomic E-state index is 12.8. The van der Waals surface area contributed by atoms with E-state index in [0.717, 1.165) is 0 Å². The summed E-state index contributed by atoms with van der Waals surface area (Å²) in [5.74, 6) is -4.06. The molecule has 0 spiro atoms. The van der Waals surface area contributed by atoms with Crippen LogP contribution in [0.3, 0.4) is 0 Å². The van der Waals surface area contributed by atoms with Gasteiger partial charge in [-0.05, 0) is 67.8 Å². The number of carboxylic acids is 1. The summed E-state index contributed by atoms with van der Waals surface area (Å²) in [6.07, 6.45) is -0.598. The van der Waals surface area contributed by atoms with Gasteiger partial charge in [-0.25, -0.2) is 4.79 Å². The highest BCUT2D eigenvalue weighted by Gasteiger charge is 2.30. The summed E-state index contributed by atoms with van der Waals surface area (Å²) < 4.78 is 1.000. The number of carbonyl (C=O) groups excluding carboxylic acids is 4. The predicted octanol–water partition coefficient (Wildman–Crippen LogP) is 0.877. The lowest BCUT2D eigenvalue weighted by molar-refractivity contribution is -0.140. The summed E-state index contributed by atoms with van der Waals surface area (Å²) in [7, 11) is 1.41. The van der Waals surface area contributed by atoms with Gasteiger partial charge >= 0.3 is 5.97 Å². The van der Waals surface area contributed by atoms with Crippen LogP contribution in [0.5, 0.6) is 0 Å². The zero-order valence-corrected chi connectivity index (χ0v) is 21.0. The number of anilines is 1. The monoisotopic (exact) mass is 728 g/mol. The Morgan fingerprint density at radius 1 is 1.00 bits per heavy atom. The summed E-state index contributed by atoms with van der Waals surface area (Å²) >= 11 is 5.51. The topological polar surface area (TPSA) is 168 Å². The third-order valence-corrected chi connectivity index (χ3v) is 6.54. The molecule has 0 unspecified atom stereocenters. The first-order valence-electron chi connectivity index (χ1n) is 7.44. The van der Waals surface area contributed by atoms with E-state index in [1.165, 1.54) is 14.0 Å². The Labute approximate surface area is 200 Å². The molecule has 1 aromatic rings. The zero-order chi connectivity index (χ0) is 21.8. The number of hydrogen-bond donors (Lipinski definition) is 5. The minimum atomic E-state index is -1.54. The van der Waals surface area contributed by atoms with Gasteiger partial charge in [0.25, 0.3) is 11.8 Å². The first-order valence-corrected chi connectivity index (χ1v) is 10.7. The molecule has 1 atom stereocenters. The molecule has 0 aliphatic rings. The number of primary amides is 1. The number of carboxylic acid groups (broad SMARTS) is 1. The zero-order valence-electron chi connectivity index (χ0n) is 14.5. The molecule has 10 nitrogen and oxygen atoms in total. The molecular formula is C15H15I3N4O6. The second kappa shape index (κ2) is 10.5. The first kappa shape index (κ1) is 24.8. The summed E-state index contributed by atoms with van der Waals surface area (Å²) in [5, 5.41) is 16.5. The fraction of sp³-hybridized carbons (Fsp3) is 0.267. The lowest BCUT2D eigenvalue weighted by atomic mass is 10.1. The Hall–Kier alpha value is -1.24. The molecule has 13 heteroatoms. The predicted molar refractivity (Wildman–Crippen MR) is 125 cm³/mol. The van der Waals surface area contributed by atoms with Crippen molar-refractivity contribution in [2.45, 2.75) is 19.4 Å². The van der Waals surface area contributed by atoms with E-state index in [-0.39, 0.29) is 20.4 Å². The van der Waals surface area contributed by atoms with E-state index in [9.17, 15) is 29.1 Å². The van der Waals surface area contributed by atoms with Crippen LogP contribution in [0.1, 0.15) is 34.1 Å². The highest BCUT2D eigenvalue weighted by molar-refractivity contribution is 14.1. The van der Waals surface area contributed by atoms with Crippen LogP contribution in [0.25, 0.3) is 0 Å². The van der Waals surface area contributed by atoms with Crippen molar-refractivity contribution >= 4 is 103 Å². The second-order valence-corrected chi connectivity index (χ2v) is 8.60. The minimum Gasteiger partial charge on any atom is -0.480 e. The molecule has 0 heterocycles. The highest BCUT2D eigenvalue weighted by atomic mass is 127. The average molecular weight is 728 g/mol. The van der Waals surface area contributed by atoms with E-state index < -0.39 is 42.1 Å². The summed E-state index contributed by atoms with van der Waals surface area (Å²) in [5.41, 5.74) is 5.43. The van der Waals surface area contributed by atoms with Gasteiger partial charge in [0.05, 0.1) is 30.4 Å². The normalized spacial score (nSPS) is 11.3. The van der Waals surface area contributed by atoms with E-state index in [4.69, 9.17) is 5.73 Å². The van der Waals surface area contributed by atoms with Crippen molar-refractivity contribution in [3.63, 3.8) is 0 Å². The van der Waals surface area contributed by atoms with Crippen molar-refractivity contribution in [3.8, 4) is 0 Å². The second-order valence-electron chi connectivity index (χ2n) is 5.36. The fourth-order valence-electron chi connectivity index (χ4n) is 2.11. The molecular weight excluding hydrogens is 713 g/mol. The number of nitrogens with one attached hydrogen (secondary N) is 3. The van der Waals surface area contributed by atoms with Crippen LogP contribution in [0.15, 0.2) is 0 Å². The molecule has 4 amide bonds. The summed E-state index contributed by atoms with van der Waals surface area (Å²) in [6, 6.07) is -1.54. The third-order valence-electron chi connectivity index (χ3n) is 3.31. The van der Waals surface area contributed by atoms with Gasteiger partial charge in [-0.1, -0.05) is 0 Å². The number of aliphatic carboxylic acids is 1. The van der Waals surface area contributed by atoms with Crippen LogP contribution in [0, 0.1) is 10.7 Å². The maximum Gasteiger partial charge on any atom is 0.326 e. The molecule has 152 valence electrons. The molecule has 0 aliphatic carbocycles. The molecule has 28 heavy (non-hydrogen) atoms. The minimum absolute atomic E-state index is 0.000290. The van der Waals surface area contributed by atoms with Crippen LogP contribution in [-0.4, -0.2) is 47.8 Å². The van der Waals surface area contributed by atoms with Gasteiger partial charge in [-0.15, -0.1) is 0 Å². The number of rotatable bonds is 7. The van der Waals surface area contributed by atoms with Crippen LogP contribution < -0.4 is 21.7 Å². The number of carbonyl (C=O) groups is 5. The van der Waals surface area contributed by atoms with Crippen molar-refractivity contribution in [2.24, 2.45) is 5.73 Å². The van der Waals surface area contributed by atoms with Crippen LogP contribution in [-0.2, 0) is 14.4 Å². The largest absolute Gasteiger partial charge is 0.480 e. The SMILES string of the molecule is CNC(=O)c1c(I)c(NC(C)=O)c(I)c(C(=O)N[C@@H](CC(N)=O)C(=O)O)c1I. The molecule has 0 saturated heterocycles. The van der Waals surface area contributed by atoms with Crippen molar-refractivity contribution < 1.29 is 29.1 Å². The Morgan fingerprint density at radius 3 is 1.89 bits per heavy atom. The van der Waals surface area contributed by atoms with Gasteiger partial charge in [0.15, 0.2) is 0 Å². The molecule has 0 radical (unpaired) electrons. The molecule has 0 fully saturated rings. The van der Waals surface area contributed by atoms with E-state index in [1.807, 2.05) is 45.2 Å². The Balaban J connectivity index is 3.61. The van der Waals surface area contributed by atoms with Gasteiger partial charge in [0, 0.05) is 17.5 Å². The van der Waals surface area contributed by atoms with E-state index >= 15 is 0 Å². The molecule has 0 aromatic heterocycles. The highest BCUT2D eigenvalue weighted by Crippen LogP contribution is 2.35. The summed E-state index contributed by atoms with van der Waals surface area (Å²) in [6.45, 7) is 1.27. The molecule has 6 N–H and O–H groups in total. The van der Waals surface area contributed by atoms with Gasteiger partial charge in [-0.3, -0.25) is 19.2 Å². The third kappa shape index (κ3) is 5.88. The van der Waals surface area contributed by atoms with Crippen LogP contribution in [0.2, 0.25) is 0 Å². The smallest absolute Gasteiger partial charge is 0.326 e.